The van der Waals surface area contributed by atoms with E-state index >= 15 is 0 Å². The van der Waals surface area contributed by atoms with Gasteiger partial charge in [-0.05, 0) is 30.5 Å². The Morgan fingerprint density at radius 3 is 2.79 bits per heavy atom. The van der Waals surface area contributed by atoms with E-state index in [1.54, 1.807) is 0 Å². The molecule has 1 unspecified atom stereocenters. The van der Waals surface area contributed by atoms with Crippen molar-refractivity contribution in [2.45, 2.75) is 46.6 Å². The summed E-state index contributed by atoms with van der Waals surface area (Å²) < 4.78 is 2.31. The molecule has 0 radical (unpaired) electrons. The number of fused-ring (bicyclic) bond motifs is 1. The lowest BCUT2D eigenvalue weighted by molar-refractivity contribution is 0.521. The summed E-state index contributed by atoms with van der Waals surface area (Å²) in [6, 6.07) is 7.98. The number of rotatable bonds is 5. The summed E-state index contributed by atoms with van der Waals surface area (Å²) in [5, 5.41) is 8.98. The Hall–Kier alpha value is -1.82. The third-order valence-corrected chi connectivity index (χ3v) is 3.63. The smallest absolute Gasteiger partial charge is 0.110 e. The molecule has 3 heteroatoms. The molecule has 0 amide bonds. The number of nitriles is 1. The van der Waals surface area contributed by atoms with Crippen molar-refractivity contribution in [2.24, 2.45) is 5.92 Å². The van der Waals surface area contributed by atoms with E-state index < -0.39 is 0 Å². The number of aromatic nitrogens is 2. The molecular formula is C16H21N3. The Morgan fingerprint density at radius 2 is 2.16 bits per heavy atom. The summed E-state index contributed by atoms with van der Waals surface area (Å²) in [5.41, 5.74) is 2.79. The van der Waals surface area contributed by atoms with E-state index in [1.165, 1.54) is 6.42 Å². The maximum Gasteiger partial charge on any atom is 0.110 e. The number of imidazole rings is 1. The van der Waals surface area contributed by atoms with Crippen LogP contribution >= 0.6 is 0 Å². The average molecular weight is 255 g/mol. The number of nitrogens with zero attached hydrogens (tertiary/aromatic N) is 3. The highest BCUT2D eigenvalue weighted by molar-refractivity contribution is 5.77. The number of hydrogen-bond donors (Lipinski definition) is 0. The number of hydrogen-bond acceptors (Lipinski definition) is 2. The SMILES string of the molecule is CCCn1c(CC(C)CC)nc2cc(C#N)ccc21. The zero-order chi connectivity index (χ0) is 13.8. The largest absolute Gasteiger partial charge is 0.328 e. The molecule has 0 spiro atoms. The minimum Gasteiger partial charge on any atom is -0.328 e. The number of aryl methyl sites for hydroxylation is 1. The second-order valence-corrected chi connectivity index (χ2v) is 5.21. The molecule has 100 valence electrons. The minimum atomic E-state index is 0.642. The summed E-state index contributed by atoms with van der Waals surface area (Å²) >= 11 is 0. The Bertz CT molecular complexity index is 604. The van der Waals surface area contributed by atoms with Gasteiger partial charge in [0.15, 0.2) is 0 Å². The van der Waals surface area contributed by atoms with Gasteiger partial charge in [0.1, 0.15) is 5.82 Å². The molecule has 0 aliphatic carbocycles. The van der Waals surface area contributed by atoms with E-state index in [-0.39, 0.29) is 0 Å². The Labute approximate surface area is 114 Å². The third-order valence-electron chi connectivity index (χ3n) is 3.63. The maximum atomic E-state index is 8.98. The maximum absolute atomic E-state index is 8.98. The van der Waals surface area contributed by atoms with Gasteiger partial charge in [0.2, 0.25) is 0 Å². The van der Waals surface area contributed by atoms with Crippen LogP contribution in [-0.2, 0) is 13.0 Å². The van der Waals surface area contributed by atoms with Crippen LogP contribution in [0.2, 0.25) is 0 Å². The van der Waals surface area contributed by atoms with Gasteiger partial charge in [0, 0.05) is 13.0 Å². The van der Waals surface area contributed by atoms with Gasteiger partial charge < -0.3 is 4.57 Å². The quantitative estimate of drug-likeness (QED) is 0.813. The topological polar surface area (TPSA) is 41.6 Å². The van der Waals surface area contributed by atoms with Crippen molar-refractivity contribution >= 4 is 11.0 Å². The number of benzene rings is 1. The highest BCUT2D eigenvalue weighted by Gasteiger charge is 2.12. The van der Waals surface area contributed by atoms with Gasteiger partial charge in [-0.3, -0.25) is 0 Å². The molecule has 2 aromatic rings. The van der Waals surface area contributed by atoms with E-state index in [4.69, 9.17) is 10.2 Å². The normalized spacial score (nSPS) is 12.5. The molecule has 19 heavy (non-hydrogen) atoms. The lowest BCUT2D eigenvalue weighted by atomic mass is 10.1. The zero-order valence-corrected chi connectivity index (χ0v) is 12.0. The fourth-order valence-corrected chi connectivity index (χ4v) is 2.33. The van der Waals surface area contributed by atoms with E-state index in [0.717, 1.165) is 36.2 Å². The Kier molecular flexibility index (Phi) is 4.21. The minimum absolute atomic E-state index is 0.642. The third kappa shape index (κ3) is 2.78. The molecular weight excluding hydrogens is 234 g/mol. The molecule has 0 N–H and O–H groups in total. The van der Waals surface area contributed by atoms with Crippen molar-refractivity contribution in [3.63, 3.8) is 0 Å². The molecule has 0 saturated heterocycles. The molecule has 3 nitrogen and oxygen atoms in total. The van der Waals surface area contributed by atoms with Crippen LogP contribution in [0, 0.1) is 17.2 Å². The van der Waals surface area contributed by atoms with Gasteiger partial charge in [-0.2, -0.15) is 5.26 Å². The highest BCUT2D eigenvalue weighted by atomic mass is 15.1. The summed E-state index contributed by atoms with van der Waals surface area (Å²) in [4.78, 5) is 4.74. The van der Waals surface area contributed by atoms with Gasteiger partial charge in [-0.25, -0.2) is 4.98 Å². The summed E-state index contributed by atoms with van der Waals surface area (Å²) in [6.45, 7) is 7.65. The van der Waals surface area contributed by atoms with Crippen molar-refractivity contribution in [3.8, 4) is 6.07 Å². The molecule has 1 heterocycles. The van der Waals surface area contributed by atoms with Crippen molar-refractivity contribution < 1.29 is 0 Å². The first kappa shape index (κ1) is 13.6. The monoisotopic (exact) mass is 255 g/mol. The van der Waals surface area contributed by atoms with Crippen LogP contribution in [0.3, 0.4) is 0 Å². The predicted molar refractivity (Wildman–Crippen MR) is 77.9 cm³/mol. The first-order valence-electron chi connectivity index (χ1n) is 7.08. The highest BCUT2D eigenvalue weighted by Crippen LogP contribution is 2.21. The molecule has 1 aromatic heterocycles. The van der Waals surface area contributed by atoms with Crippen molar-refractivity contribution in [1.82, 2.24) is 9.55 Å². The first-order valence-corrected chi connectivity index (χ1v) is 7.08. The lowest BCUT2D eigenvalue weighted by Gasteiger charge is -2.11. The Balaban J connectivity index is 2.49. The van der Waals surface area contributed by atoms with Gasteiger partial charge in [0.05, 0.1) is 22.7 Å². The molecule has 0 aliphatic heterocycles. The molecule has 0 aliphatic rings. The second kappa shape index (κ2) is 5.88. The molecule has 0 saturated carbocycles. The van der Waals surface area contributed by atoms with Crippen LogP contribution in [0.4, 0.5) is 0 Å². The van der Waals surface area contributed by atoms with Crippen LogP contribution in [0.1, 0.15) is 45.0 Å². The van der Waals surface area contributed by atoms with E-state index in [0.29, 0.717) is 11.5 Å². The van der Waals surface area contributed by atoms with Crippen LogP contribution in [0.15, 0.2) is 18.2 Å². The van der Waals surface area contributed by atoms with Crippen LogP contribution in [0.5, 0.6) is 0 Å². The van der Waals surface area contributed by atoms with E-state index in [2.05, 4.69) is 31.4 Å². The standard InChI is InChI=1S/C16H21N3/c1-4-8-19-15-7-6-13(11-17)10-14(15)18-16(19)9-12(3)5-2/h6-7,10,12H,4-5,8-9H2,1-3H3. The second-order valence-electron chi connectivity index (χ2n) is 5.21. The van der Waals surface area contributed by atoms with Crippen molar-refractivity contribution in [3.05, 3.63) is 29.6 Å². The lowest BCUT2D eigenvalue weighted by Crippen LogP contribution is -2.07. The van der Waals surface area contributed by atoms with Crippen LogP contribution in [-0.4, -0.2) is 9.55 Å². The fourth-order valence-electron chi connectivity index (χ4n) is 2.33. The predicted octanol–water partition coefficient (Wildman–Crippen LogP) is 3.91. The van der Waals surface area contributed by atoms with Gasteiger partial charge in [0.25, 0.3) is 0 Å². The summed E-state index contributed by atoms with van der Waals surface area (Å²) in [5.74, 6) is 1.80. The zero-order valence-electron chi connectivity index (χ0n) is 12.0. The Morgan fingerprint density at radius 1 is 1.37 bits per heavy atom. The van der Waals surface area contributed by atoms with Crippen molar-refractivity contribution in [1.29, 1.82) is 5.26 Å². The molecule has 0 fully saturated rings. The first-order chi connectivity index (χ1) is 9.19. The summed E-state index contributed by atoms with van der Waals surface area (Å²) in [7, 11) is 0. The molecule has 0 bridgehead atoms. The van der Waals surface area contributed by atoms with Gasteiger partial charge in [-0.1, -0.05) is 27.2 Å². The van der Waals surface area contributed by atoms with Gasteiger partial charge in [-0.15, -0.1) is 0 Å². The summed E-state index contributed by atoms with van der Waals surface area (Å²) in [6.07, 6.45) is 3.27. The molecule has 1 aromatic carbocycles. The fraction of sp³-hybridized carbons (Fsp3) is 0.500. The molecule has 1 atom stereocenters. The van der Waals surface area contributed by atoms with E-state index in [9.17, 15) is 0 Å². The van der Waals surface area contributed by atoms with Crippen LogP contribution < -0.4 is 0 Å². The van der Waals surface area contributed by atoms with Crippen molar-refractivity contribution in [2.75, 3.05) is 0 Å². The molecule has 2 rings (SSSR count). The van der Waals surface area contributed by atoms with Crippen LogP contribution in [0.25, 0.3) is 11.0 Å². The average Bonchev–Trinajstić information content (AvgIpc) is 2.76. The van der Waals surface area contributed by atoms with Gasteiger partial charge >= 0.3 is 0 Å². The van der Waals surface area contributed by atoms with E-state index in [1.807, 2.05) is 18.2 Å².